The number of H-pyrrole nitrogens is 1. The van der Waals surface area contributed by atoms with Gasteiger partial charge in [0, 0.05) is 11.4 Å². The molecule has 7 heteroatoms. The van der Waals surface area contributed by atoms with Crippen LogP contribution in [0.25, 0.3) is 16.0 Å². The Morgan fingerprint density at radius 3 is 3.05 bits per heavy atom. The lowest BCUT2D eigenvalue weighted by atomic mass is 9.85. The van der Waals surface area contributed by atoms with E-state index in [4.69, 9.17) is 12.2 Å². The van der Waals surface area contributed by atoms with Gasteiger partial charge in [-0.25, -0.2) is 5.10 Å². The van der Waals surface area contributed by atoms with Crippen molar-refractivity contribution in [3.8, 4) is 0 Å². The molecule has 3 heterocycles. The van der Waals surface area contributed by atoms with Gasteiger partial charge < -0.3 is 0 Å². The highest BCUT2D eigenvalue weighted by atomic mass is 32.1. The minimum absolute atomic E-state index is 0.0616. The van der Waals surface area contributed by atoms with Crippen molar-refractivity contribution in [3.63, 3.8) is 0 Å². The molecular formula is C13H14N4OS2. The van der Waals surface area contributed by atoms with Crippen molar-refractivity contribution in [3.05, 3.63) is 26.1 Å². The number of aryl methyl sites for hydroxylation is 1. The van der Waals surface area contributed by atoms with Crippen LogP contribution in [0.1, 0.15) is 24.1 Å². The van der Waals surface area contributed by atoms with Crippen molar-refractivity contribution >= 4 is 39.5 Å². The molecular weight excluding hydrogens is 292 g/mol. The summed E-state index contributed by atoms with van der Waals surface area (Å²) in [7, 11) is 0. The first-order chi connectivity index (χ1) is 9.65. The van der Waals surface area contributed by atoms with E-state index in [-0.39, 0.29) is 5.56 Å². The Bertz CT molecular complexity index is 926. The van der Waals surface area contributed by atoms with Gasteiger partial charge in [-0.05, 0) is 44.0 Å². The summed E-state index contributed by atoms with van der Waals surface area (Å²) in [6.07, 6.45) is 3.67. The molecule has 5 nitrogen and oxygen atoms in total. The lowest BCUT2D eigenvalue weighted by Gasteiger charge is -2.25. The van der Waals surface area contributed by atoms with Crippen LogP contribution < -0.4 is 5.56 Å². The third kappa shape index (κ3) is 1.63. The molecule has 20 heavy (non-hydrogen) atoms. The zero-order valence-electron chi connectivity index (χ0n) is 11.0. The highest BCUT2D eigenvalue weighted by molar-refractivity contribution is 7.71. The van der Waals surface area contributed by atoms with Crippen LogP contribution in [0.2, 0.25) is 0 Å². The minimum atomic E-state index is 0.0616. The van der Waals surface area contributed by atoms with Crippen LogP contribution in [0.15, 0.2) is 10.9 Å². The van der Waals surface area contributed by atoms with Crippen LogP contribution in [0.5, 0.6) is 0 Å². The lowest BCUT2D eigenvalue weighted by molar-refractivity contribution is 0.276. The third-order valence-corrected chi connectivity index (χ3v) is 5.38. The van der Waals surface area contributed by atoms with Gasteiger partial charge in [-0.2, -0.15) is 0 Å². The summed E-state index contributed by atoms with van der Waals surface area (Å²) < 4.78 is 4.99. The third-order valence-electron chi connectivity index (χ3n) is 4.08. The highest BCUT2D eigenvalue weighted by Gasteiger charge is 2.22. The van der Waals surface area contributed by atoms with E-state index >= 15 is 0 Å². The summed E-state index contributed by atoms with van der Waals surface area (Å²) in [5, 5.41) is 7.08. The predicted octanol–water partition coefficient (Wildman–Crippen LogP) is 2.88. The number of hydrogen-bond acceptors (Lipinski definition) is 4. The number of aromatic amines is 1. The van der Waals surface area contributed by atoms with Crippen LogP contribution in [-0.2, 0) is 6.54 Å². The zero-order valence-corrected chi connectivity index (χ0v) is 12.7. The zero-order chi connectivity index (χ0) is 13.9. The van der Waals surface area contributed by atoms with Crippen LogP contribution in [0.3, 0.4) is 0 Å². The van der Waals surface area contributed by atoms with Crippen molar-refractivity contribution in [2.75, 3.05) is 0 Å². The summed E-state index contributed by atoms with van der Waals surface area (Å²) in [5.41, 5.74) is 0.933. The van der Waals surface area contributed by atoms with Gasteiger partial charge in [-0.1, -0.05) is 6.42 Å². The van der Waals surface area contributed by atoms with Crippen LogP contribution >= 0.6 is 23.6 Å². The number of thiophene rings is 1. The summed E-state index contributed by atoms with van der Waals surface area (Å²) in [6.45, 7) is 2.75. The van der Waals surface area contributed by atoms with E-state index < -0.39 is 0 Å². The summed E-state index contributed by atoms with van der Waals surface area (Å²) in [5.74, 6) is 1.23. The average Bonchev–Trinajstić information content (AvgIpc) is 2.90. The number of fused-ring (bicyclic) bond motifs is 3. The quantitative estimate of drug-likeness (QED) is 0.741. The van der Waals surface area contributed by atoms with E-state index in [2.05, 4.69) is 10.2 Å². The first kappa shape index (κ1) is 12.3. The monoisotopic (exact) mass is 306 g/mol. The number of nitrogens with zero attached hydrogens (tertiary/aromatic N) is 3. The number of nitrogens with one attached hydrogen (secondary N) is 1. The maximum Gasteiger partial charge on any atom is 0.272 e. The Balaban J connectivity index is 2.11. The topological polar surface area (TPSA) is 55.1 Å². The summed E-state index contributed by atoms with van der Waals surface area (Å²) in [4.78, 5) is 13.8. The predicted molar refractivity (Wildman–Crippen MR) is 82.1 cm³/mol. The molecule has 3 aromatic rings. The van der Waals surface area contributed by atoms with Crippen molar-refractivity contribution in [1.29, 1.82) is 0 Å². The average molecular weight is 306 g/mol. The van der Waals surface area contributed by atoms with Crippen molar-refractivity contribution < 1.29 is 0 Å². The molecule has 0 aliphatic heterocycles. The highest BCUT2D eigenvalue weighted by Crippen LogP contribution is 2.29. The van der Waals surface area contributed by atoms with Gasteiger partial charge in [0.1, 0.15) is 4.70 Å². The van der Waals surface area contributed by atoms with Gasteiger partial charge in [-0.3, -0.25) is 13.8 Å². The van der Waals surface area contributed by atoms with E-state index in [1.807, 2.05) is 17.4 Å². The molecule has 1 aliphatic carbocycles. The van der Waals surface area contributed by atoms with E-state index in [1.54, 1.807) is 4.57 Å². The maximum absolute atomic E-state index is 12.7. The smallest absolute Gasteiger partial charge is 0.272 e. The van der Waals surface area contributed by atoms with Crippen LogP contribution in [-0.4, -0.2) is 19.2 Å². The van der Waals surface area contributed by atoms with Crippen molar-refractivity contribution in [2.45, 2.75) is 32.7 Å². The van der Waals surface area contributed by atoms with E-state index in [0.717, 1.165) is 21.6 Å². The number of hydrogen-bond donors (Lipinski definition) is 1. The standard InChI is InChI=1S/C13H14N4OS2/c1-7-5-9-10(20-7)11(18)16(6-8-3-2-4-8)12-14-15-13(19)17(9)12/h5,8H,2-4,6H2,1H3,(H,15,19). The Kier molecular flexibility index (Phi) is 2.62. The first-order valence-electron chi connectivity index (χ1n) is 6.75. The normalized spacial score (nSPS) is 16.1. The number of aromatic nitrogens is 4. The van der Waals surface area contributed by atoms with Crippen LogP contribution in [0, 0.1) is 17.6 Å². The van der Waals surface area contributed by atoms with Gasteiger partial charge in [0.05, 0.1) is 5.52 Å². The lowest BCUT2D eigenvalue weighted by Crippen LogP contribution is -2.28. The minimum Gasteiger partial charge on any atom is -0.275 e. The first-order valence-corrected chi connectivity index (χ1v) is 7.97. The fourth-order valence-corrected chi connectivity index (χ4v) is 3.99. The molecule has 1 fully saturated rings. The maximum atomic E-state index is 12.7. The molecule has 0 saturated heterocycles. The van der Waals surface area contributed by atoms with E-state index in [1.165, 1.54) is 30.6 Å². The molecule has 104 valence electrons. The molecule has 1 N–H and O–H groups in total. The number of rotatable bonds is 2. The van der Waals surface area contributed by atoms with Gasteiger partial charge in [-0.15, -0.1) is 16.4 Å². The molecule has 0 atom stereocenters. The fraction of sp³-hybridized carbons (Fsp3) is 0.462. The molecule has 0 spiro atoms. The Morgan fingerprint density at radius 2 is 2.35 bits per heavy atom. The molecule has 0 aromatic carbocycles. The summed E-state index contributed by atoms with van der Waals surface area (Å²) in [6, 6.07) is 2.01. The largest absolute Gasteiger partial charge is 0.275 e. The molecule has 0 unspecified atom stereocenters. The van der Waals surface area contributed by atoms with Crippen molar-refractivity contribution in [1.82, 2.24) is 19.2 Å². The Hall–Kier alpha value is -1.47. The Morgan fingerprint density at radius 1 is 1.55 bits per heavy atom. The second-order valence-electron chi connectivity index (χ2n) is 5.45. The second kappa shape index (κ2) is 4.26. The van der Waals surface area contributed by atoms with Crippen LogP contribution in [0.4, 0.5) is 0 Å². The molecule has 1 aliphatic rings. The Labute approximate surface area is 123 Å². The van der Waals surface area contributed by atoms with E-state index in [9.17, 15) is 4.79 Å². The molecule has 0 bridgehead atoms. The SMILES string of the molecule is Cc1cc2c(s1)c(=O)n(CC1CCC1)c1n[nH]c(=S)n21. The summed E-state index contributed by atoms with van der Waals surface area (Å²) >= 11 is 6.85. The van der Waals surface area contributed by atoms with Gasteiger partial charge >= 0.3 is 0 Å². The fourth-order valence-electron chi connectivity index (χ4n) is 2.82. The van der Waals surface area contributed by atoms with Gasteiger partial charge in [0.2, 0.25) is 10.5 Å². The van der Waals surface area contributed by atoms with Crippen molar-refractivity contribution in [2.24, 2.45) is 5.92 Å². The second-order valence-corrected chi connectivity index (χ2v) is 7.09. The molecule has 4 rings (SSSR count). The van der Waals surface area contributed by atoms with Gasteiger partial charge in [0.15, 0.2) is 0 Å². The molecule has 0 radical (unpaired) electrons. The van der Waals surface area contributed by atoms with Gasteiger partial charge in [0.25, 0.3) is 5.56 Å². The molecule has 0 amide bonds. The molecule has 3 aromatic heterocycles. The van der Waals surface area contributed by atoms with E-state index in [0.29, 0.717) is 16.5 Å². The molecule has 1 saturated carbocycles.